The summed E-state index contributed by atoms with van der Waals surface area (Å²) in [4.78, 5) is 14.1. The van der Waals surface area contributed by atoms with Crippen molar-refractivity contribution in [2.24, 2.45) is 11.8 Å². The summed E-state index contributed by atoms with van der Waals surface area (Å²) in [7, 11) is 0. The predicted molar refractivity (Wildman–Crippen MR) is 82.1 cm³/mol. The lowest BCUT2D eigenvalue weighted by Crippen LogP contribution is -2.46. The number of carbonyl (C=O) groups excluding carboxylic acids is 1. The van der Waals surface area contributed by atoms with E-state index < -0.39 is 5.82 Å². The van der Waals surface area contributed by atoms with E-state index in [2.05, 4.69) is 5.32 Å². The van der Waals surface area contributed by atoms with E-state index in [1.54, 1.807) is 0 Å². The predicted octanol–water partition coefficient (Wildman–Crippen LogP) is 4.52. The molecular formula is C16H20ClFN2O. The minimum absolute atomic E-state index is 0.151. The highest BCUT2D eigenvalue weighted by atomic mass is 35.5. The third-order valence-electron chi connectivity index (χ3n) is 4.75. The first-order valence-electron chi connectivity index (χ1n) is 7.64. The van der Waals surface area contributed by atoms with E-state index in [4.69, 9.17) is 11.6 Å². The Labute approximate surface area is 129 Å². The Balaban J connectivity index is 1.64. The number of hydrogen-bond acceptors (Lipinski definition) is 1. The molecule has 1 aromatic rings. The minimum atomic E-state index is -0.458. The Hall–Kier alpha value is -1.29. The Bertz CT molecular complexity index is 537. The third kappa shape index (κ3) is 3.31. The Morgan fingerprint density at radius 1 is 1.24 bits per heavy atom. The van der Waals surface area contributed by atoms with Crippen molar-refractivity contribution in [3.8, 4) is 0 Å². The number of fused-ring (bicyclic) bond motifs is 1. The molecule has 1 saturated heterocycles. The number of halogens is 2. The summed E-state index contributed by atoms with van der Waals surface area (Å²) >= 11 is 5.85. The molecule has 0 aromatic heterocycles. The number of rotatable bonds is 1. The second-order valence-corrected chi connectivity index (χ2v) is 6.53. The molecule has 0 radical (unpaired) electrons. The van der Waals surface area contributed by atoms with Gasteiger partial charge in [-0.25, -0.2) is 9.18 Å². The fraction of sp³-hybridized carbons (Fsp3) is 0.562. The van der Waals surface area contributed by atoms with Gasteiger partial charge >= 0.3 is 6.03 Å². The molecule has 1 aliphatic carbocycles. The minimum Gasteiger partial charge on any atom is -0.324 e. The maximum Gasteiger partial charge on any atom is 0.321 e. The van der Waals surface area contributed by atoms with Crippen molar-refractivity contribution in [3.05, 3.63) is 29.0 Å². The van der Waals surface area contributed by atoms with Gasteiger partial charge in [0.05, 0.1) is 5.69 Å². The molecular weight excluding hydrogens is 291 g/mol. The summed E-state index contributed by atoms with van der Waals surface area (Å²) in [6, 6.07) is 3.97. The highest BCUT2D eigenvalue weighted by Crippen LogP contribution is 2.36. The molecule has 0 unspecified atom stereocenters. The zero-order valence-corrected chi connectivity index (χ0v) is 12.7. The summed E-state index contributed by atoms with van der Waals surface area (Å²) < 4.78 is 13.7. The van der Waals surface area contributed by atoms with Crippen LogP contribution in [0.2, 0.25) is 5.02 Å². The van der Waals surface area contributed by atoms with Gasteiger partial charge in [-0.3, -0.25) is 0 Å². The van der Waals surface area contributed by atoms with Gasteiger partial charge in [-0.15, -0.1) is 0 Å². The quantitative estimate of drug-likeness (QED) is 0.812. The molecule has 2 amide bonds. The normalized spacial score (nSPS) is 25.3. The molecule has 21 heavy (non-hydrogen) atoms. The van der Waals surface area contributed by atoms with E-state index in [1.165, 1.54) is 43.9 Å². The van der Waals surface area contributed by atoms with Crippen LogP contribution in [0.4, 0.5) is 14.9 Å². The van der Waals surface area contributed by atoms with Crippen LogP contribution < -0.4 is 5.32 Å². The maximum atomic E-state index is 13.7. The van der Waals surface area contributed by atoms with Crippen LogP contribution in [-0.2, 0) is 0 Å². The fourth-order valence-electron chi connectivity index (χ4n) is 3.57. The highest BCUT2D eigenvalue weighted by molar-refractivity contribution is 6.30. The van der Waals surface area contributed by atoms with Crippen LogP contribution in [0.1, 0.15) is 32.1 Å². The molecule has 1 aromatic carbocycles. The van der Waals surface area contributed by atoms with Gasteiger partial charge in [-0.05, 0) is 42.9 Å². The largest absolute Gasteiger partial charge is 0.324 e. The second kappa shape index (κ2) is 6.22. The number of urea groups is 1. The number of amides is 2. The van der Waals surface area contributed by atoms with E-state index in [-0.39, 0.29) is 11.7 Å². The van der Waals surface area contributed by atoms with Crippen LogP contribution >= 0.6 is 11.6 Å². The monoisotopic (exact) mass is 310 g/mol. The van der Waals surface area contributed by atoms with Gasteiger partial charge in [0.1, 0.15) is 5.82 Å². The van der Waals surface area contributed by atoms with Crippen molar-refractivity contribution in [1.82, 2.24) is 4.90 Å². The number of nitrogens with zero attached hydrogens (tertiary/aromatic N) is 1. The molecule has 1 saturated carbocycles. The lowest BCUT2D eigenvalue weighted by Gasteiger charge is -2.41. The topological polar surface area (TPSA) is 32.3 Å². The molecule has 2 aliphatic rings. The first-order chi connectivity index (χ1) is 10.1. The molecule has 114 valence electrons. The summed E-state index contributed by atoms with van der Waals surface area (Å²) in [6.45, 7) is 1.55. The molecule has 1 N–H and O–H groups in total. The van der Waals surface area contributed by atoms with Gasteiger partial charge in [-0.2, -0.15) is 0 Å². The average Bonchev–Trinajstić information content (AvgIpc) is 2.50. The van der Waals surface area contributed by atoms with Gasteiger partial charge in [0.15, 0.2) is 0 Å². The van der Waals surface area contributed by atoms with E-state index >= 15 is 0 Å². The molecule has 2 fully saturated rings. The van der Waals surface area contributed by atoms with Gasteiger partial charge in [-0.1, -0.05) is 30.9 Å². The van der Waals surface area contributed by atoms with Crippen molar-refractivity contribution in [2.75, 3.05) is 18.4 Å². The summed E-state index contributed by atoms with van der Waals surface area (Å²) in [6.07, 6.45) is 6.15. The van der Waals surface area contributed by atoms with Crippen LogP contribution in [-0.4, -0.2) is 24.0 Å². The van der Waals surface area contributed by atoms with Crippen molar-refractivity contribution in [2.45, 2.75) is 32.1 Å². The van der Waals surface area contributed by atoms with Gasteiger partial charge in [0.25, 0.3) is 0 Å². The number of anilines is 1. The number of hydrogen-bond donors (Lipinski definition) is 1. The zero-order chi connectivity index (χ0) is 14.8. The van der Waals surface area contributed by atoms with Crippen molar-refractivity contribution in [1.29, 1.82) is 0 Å². The van der Waals surface area contributed by atoms with Gasteiger partial charge in [0.2, 0.25) is 0 Å². The van der Waals surface area contributed by atoms with Gasteiger partial charge in [0, 0.05) is 18.1 Å². The van der Waals surface area contributed by atoms with E-state index in [1.807, 2.05) is 4.90 Å². The number of carbonyl (C=O) groups is 1. The maximum absolute atomic E-state index is 13.7. The number of benzene rings is 1. The van der Waals surface area contributed by atoms with Crippen molar-refractivity contribution >= 4 is 23.3 Å². The highest BCUT2D eigenvalue weighted by Gasteiger charge is 2.33. The van der Waals surface area contributed by atoms with Crippen LogP contribution in [0.5, 0.6) is 0 Å². The average molecular weight is 311 g/mol. The smallest absolute Gasteiger partial charge is 0.321 e. The summed E-state index contributed by atoms with van der Waals surface area (Å²) in [5.74, 6) is 0.925. The first kappa shape index (κ1) is 14.6. The SMILES string of the molecule is O=C(Nc1cc(Cl)ccc1F)N1CC[C@@H]2CCCC[C@H]2C1. The molecule has 5 heteroatoms. The summed E-state index contributed by atoms with van der Waals surface area (Å²) in [5, 5.41) is 3.06. The van der Waals surface area contributed by atoms with E-state index in [0.29, 0.717) is 10.9 Å². The molecule has 3 nitrogen and oxygen atoms in total. The molecule has 0 spiro atoms. The number of piperidine rings is 1. The molecule has 2 atom stereocenters. The van der Waals surface area contributed by atoms with Gasteiger partial charge < -0.3 is 10.2 Å². The number of likely N-dealkylation sites (tertiary alicyclic amines) is 1. The molecule has 0 bridgehead atoms. The van der Waals surface area contributed by atoms with Crippen LogP contribution in [0.25, 0.3) is 0 Å². The fourth-order valence-corrected chi connectivity index (χ4v) is 3.74. The van der Waals surface area contributed by atoms with Crippen LogP contribution in [0.3, 0.4) is 0 Å². The Kier molecular flexibility index (Phi) is 4.34. The Morgan fingerprint density at radius 2 is 2.00 bits per heavy atom. The van der Waals surface area contributed by atoms with Crippen LogP contribution in [0.15, 0.2) is 18.2 Å². The van der Waals surface area contributed by atoms with Crippen molar-refractivity contribution in [3.63, 3.8) is 0 Å². The Morgan fingerprint density at radius 3 is 2.81 bits per heavy atom. The molecule has 1 aliphatic heterocycles. The van der Waals surface area contributed by atoms with Crippen LogP contribution in [0, 0.1) is 17.7 Å². The lowest BCUT2D eigenvalue weighted by atomic mass is 9.75. The molecule has 3 rings (SSSR count). The van der Waals surface area contributed by atoms with E-state index in [0.717, 1.165) is 25.4 Å². The standard InChI is InChI=1S/C16H20ClFN2O/c17-13-5-6-14(18)15(9-13)19-16(21)20-8-7-11-3-1-2-4-12(11)10-20/h5-6,9,11-12H,1-4,7-8,10H2,(H,19,21)/t11-,12-/m0/s1. The molecule has 1 heterocycles. The second-order valence-electron chi connectivity index (χ2n) is 6.09. The first-order valence-corrected chi connectivity index (χ1v) is 8.02. The van der Waals surface area contributed by atoms with Crippen molar-refractivity contribution < 1.29 is 9.18 Å². The zero-order valence-electron chi connectivity index (χ0n) is 11.9. The summed E-state index contributed by atoms with van der Waals surface area (Å²) in [5.41, 5.74) is 0.151. The van der Waals surface area contributed by atoms with E-state index in [9.17, 15) is 9.18 Å². The third-order valence-corrected chi connectivity index (χ3v) is 4.98. The lowest BCUT2D eigenvalue weighted by molar-refractivity contribution is 0.108. The number of nitrogens with one attached hydrogen (secondary N) is 1.